The average molecular weight is 573 g/mol. The lowest BCUT2D eigenvalue weighted by Crippen LogP contribution is -2.52. The predicted octanol–water partition coefficient (Wildman–Crippen LogP) is 2.46. The summed E-state index contributed by atoms with van der Waals surface area (Å²) in [6.07, 6.45) is 16.8. The van der Waals surface area contributed by atoms with E-state index < -0.39 is 0 Å². The highest BCUT2D eigenvalue weighted by molar-refractivity contribution is 6.36. The van der Waals surface area contributed by atoms with Gasteiger partial charge in [0.2, 0.25) is 5.91 Å². The fourth-order valence-electron chi connectivity index (χ4n) is 7.01. The molecule has 2 heterocycles. The molecule has 0 bridgehead atoms. The third-order valence-corrected chi connectivity index (χ3v) is 9.59. The first-order chi connectivity index (χ1) is 20.3. The number of piperidine rings is 1. The molecule has 5 rings (SSSR count). The number of nitrogen functional groups attached to an aromatic ring is 1. The summed E-state index contributed by atoms with van der Waals surface area (Å²) in [5.41, 5.74) is 8.51. The number of hydrogen-bond donors (Lipinski definition) is 3. The van der Waals surface area contributed by atoms with Gasteiger partial charge in [-0.25, -0.2) is 4.79 Å². The number of allylic oxidation sites excluding steroid dienone is 2. The number of fused-ring (bicyclic) bond motifs is 1. The summed E-state index contributed by atoms with van der Waals surface area (Å²) >= 11 is 0. The van der Waals surface area contributed by atoms with E-state index in [1.54, 1.807) is 11.0 Å². The summed E-state index contributed by atoms with van der Waals surface area (Å²) in [5, 5.41) is 5.94. The molecule has 1 aromatic rings. The van der Waals surface area contributed by atoms with E-state index in [1.807, 2.05) is 23.1 Å². The number of nitrogens with zero attached hydrogens (tertiary/aromatic N) is 3. The molecule has 1 aromatic carbocycles. The maximum Gasteiger partial charge on any atom is 0.318 e. The third-order valence-electron chi connectivity index (χ3n) is 9.59. The van der Waals surface area contributed by atoms with E-state index in [0.29, 0.717) is 54.9 Å². The zero-order valence-electron chi connectivity index (χ0n) is 24.9. The quantitative estimate of drug-likeness (QED) is 0.328. The van der Waals surface area contributed by atoms with E-state index in [1.165, 1.54) is 32.1 Å². The van der Waals surface area contributed by atoms with E-state index in [9.17, 15) is 14.4 Å². The molecule has 1 saturated carbocycles. The van der Waals surface area contributed by atoms with E-state index in [2.05, 4.69) is 34.6 Å². The van der Waals surface area contributed by atoms with Crippen molar-refractivity contribution in [2.45, 2.75) is 83.0 Å². The van der Waals surface area contributed by atoms with Crippen LogP contribution in [-0.4, -0.2) is 91.2 Å². The van der Waals surface area contributed by atoms with Gasteiger partial charge in [-0.2, -0.15) is 0 Å². The lowest BCUT2D eigenvalue weighted by Gasteiger charge is -2.38. The number of rotatable bonds is 8. The van der Waals surface area contributed by atoms with Gasteiger partial charge in [0.05, 0.1) is 12.6 Å². The van der Waals surface area contributed by atoms with Crippen molar-refractivity contribution in [3.63, 3.8) is 0 Å². The highest BCUT2D eigenvalue weighted by Crippen LogP contribution is 2.26. The molecule has 224 valence electrons. The van der Waals surface area contributed by atoms with Gasteiger partial charge in [-0.1, -0.05) is 62.0 Å². The number of nitrogens with two attached hydrogens (primary N) is 1. The molecule has 2 atom stereocenters. The lowest BCUT2D eigenvalue weighted by molar-refractivity contribution is -0.131. The second kappa shape index (κ2) is 13.8. The molecule has 2 aliphatic carbocycles. The second-order valence-corrected chi connectivity index (χ2v) is 12.2. The summed E-state index contributed by atoms with van der Waals surface area (Å²) in [6, 6.07) is 4.06. The maximum absolute atomic E-state index is 13.1. The van der Waals surface area contributed by atoms with Gasteiger partial charge in [-0.15, -0.1) is 0 Å². The Kier molecular flexibility index (Phi) is 9.93. The van der Waals surface area contributed by atoms with Crippen molar-refractivity contribution in [2.75, 3.05) is 38.5 Å². The number of carbonyl (C=O) groups is 3. The Morgan fingerprint density at radius 3 is 2.52 bits per heavy atom. The molecular formula is C32H45BN6O3. The highest BCUT2D eigenvalue weighted by atomic mass is 16.2. The topological polar surface area (TPSA) is 111 Å². The monoisotopic (exact) mass is 572 g/mol. The summed E-state index contributed by atoms with van der Waals surface area (Å²) in [6.45, 7) is 5.45. The van der Waals surface area contributed by atoms with Crippen LogP contribution in [0.15, 0.2) is 36.4 Å². The van der Waals surface area contributed by atoms with E-state index in [0.717, 1.165) is 31.4 Å². The number of benzene rings is 1. The molecule has 4 amide bonds. The third kappa shape index (κ3) is 7.02. The Labute approximate surface area is 251 Å². The number of anilines is 1. The summed E-state index contributed by atoms with van der Waals surface area (Å²) in [5.74, 6) is -0.136. The Morgan fingerprint density at radius 1 is 1.05 bits per heavy atom. The van der Waals surface area contributed by atoms with Crippen molar-refractivity contribution in [1.82, 2.24) is 25.3 Å². The van der Waals surface area contributed by atoms with Crippen LogP contribution in [0.1, 0.15) is 74.2 Å². The van der Waals surface area contributed by atoms with E-state index in [-0.39, 0.29) is 36.5 Å². The number of likely N-dealkylation sites (tertiary alicyclic amines) is 1. The second-order valence-electron chi connectivity index (χ2n) is 12.2. The molecule has 2 aliphatic heterocycles. The van der Waals surface area contributed by atoms with E-state index >= 15 is 0 Å². The number of nitrogens with one attached hydrogen (secondary N) is 2. The van der Waals surface area contributed by atoms with Gasteiger partial charge in [-0.3, -0.25) is 14.5 Å². The highest BCUT2D eigenvalue weighted by Gasteiger charge is 2.34. The van der Waals surface area contributed by atoms with Crippen LogP contribution in [0.4, 0.5) is 10.5 Å². The SMILES string of the molecule is [B]c1cc(C(=O)NCC(=O)N2CCC(N3CCC4C=CC=CC4NC3=O)CC2)cc(CN(CC)C2CCCCC2)c1N. The normalized spacial score (nSPS) is 23.4. The Balaban J connectivity index is 1.12. The van der Waals surface area contributed by atoms with Crippen molar-refractivity contribution >= 4 is 36.8 Å². The zero-order valence-corrected chi connectivity index (χ0v) is 24.9. The van der Waals surface area contributed by atoms with Crippen LogP contribution in [-0.2, 0) is 11.3 Å². The molecule has 3 fully saturated rings. The van der Waals surface area contributed by atoms with Gasteiger partial charge in [-0.05, 0) is 50.3 Å². The first kappa shape index (κ1) is 30.2. The smallest absolute Gasteiger partial charge is 0.318 e. The van der Waals surface area contributed by atoms with Crippen molar-refractivity contribution < 1.29 is 14.4 Å². The minimum Gasteiger partial charge on any atom is -0.399 e. The predicted molar refractivity (Wildman–Crippen MR) is 167 cm³/mol. The summed E-state index contributed by atoms with van der Waals surface area (Å²) < 4.78 is 0. The molecule has 2 unspecified atom stereocenters. The zero-order chi connectivity index (χ0) is 29.6. The number of amides is 4. The molecule has 42 heavy (non-hydrogen) atoms. The van der Waals surface area contributed by atoms with Crippen LogP contribution in [0.5, 0.6) is 0 Å². The van der Waals surface area contributed by atoms with Crippen molar-refractivity contribution in [3.8, 4) is 0 Å². The number of hydrogen-bond acceptors (Lipinski definition) is 5. The van der Waals surface area contributed by atoms with Crippen LogP contribution < -0.4 is 21.8 Å². The van der Waals surface area contributed by atoms with Gasteiger partial charge in [0, 0.05) is 55.4 Å². The van der Waals surface area contributed by atoms with Crippen molar-refractivity contribution in [3.05, 3.63) is 47.6 Å². The Hall–Kier alpha value is -3.27. The maximum atomic E-state index is 13.1. The molecule has 10 heteroatoms. The molecule has 4 aliphatic rings. The molecular weight excluding hydrogens is 527 g/mol. The van der Waals surface area contributed by atoms with Crippen molar-refractivity contribution in [2.24, 2.45) is 5.92 Å². The van der Waals surface area contributed by atoms with Gasteiger partial charge in [0.25, 0.3) is 5.91 Å². The van der Waals surface area contributed by atoms with Crippen LogP contribution >= 0.6 is 0 Å². The summed E-state index contributed by atoms with van der Waals surface area (Å²) in [7, 11) is 6.22. The molecule has 0 aromatic heterocycles. The fraction of sp³-hybridized carbons (Fsp3) is 0.594. The van der Waals surface area contributed by atoms with Gasteiger partial charge in [0.1, 0.15) is 7.85 Å². The minimum atomic E-state index is -0.335. The molecule has 2 saturated heterocycles. The molecule has 0 spiro atoms. The summed E-state index contributed by atoms with van der Waals surface area (Å²) in [4.78, 5) is 45.2. The van der Waals surface area contributed by atoms with Crippen LogP contribution in [0, 0.1) is 5.92 Å². The van der Waals surface area contributed by atoms with Gasteiger partial charge in [0.15, 0.2) is 0 Å². The molecule has 4 N–H and O–H groups in total. The van der Waals surface area contributed by atoms with Crippen LogP contribution in [0.2, 0.25) is 0 Å². The Morgan fingerprint density at radius 2 is 1.79 bits per heavy atom. The number of carbonyl (C=O) groups excluding carboxylic acids is 3. The van der Waals surface area contributed by atoms with Crippen LogP contribution in [0.25, 0.3) is 0 Å². The average Bonchev–Trinajstić information content (AvgIpc) is 3.18. The minimum absolute atomic E-state index is 0.0255. The van der Waals surface area contributed by atoms with Crippen LogP contribution in [0.3, 0.4) is 0 Å². The van der Waals surface area contributed by atoms with Gasteiger partial charge >= 0.3 is 6.03 Å². The van der Waals surface area contributed by atoms with Crippen molar-refractivity contribution in [1.29, 1.82) is 0 Å². The standard InChI is InChI=1S/C32H45BN6O3/c1-2-37(25-9-4-3-5-10-25)21-24-18-23(19-27(33)30(24)34)31(41)35-20-29(40)38-15-13-26(14-16-38)39-17-12-22-8-6-7-11-28(22)36-32(39)42/h6-8,11,18-19,22,25-26,28H,2-5,9-10,12-17,20-21,34H2,1H3,(H,35,41)(H,36,42). The van der Waals surface area contributed by atoms with Gasteiger partial charge < -0.3 is 26.2 Å². The van der Waals surface area contributed by atoms with E-state index in [4.69, 9.17) is 13.6 Å². The fourth-order valence-corrected chi connectivity index (χ4v) is 7.01. The lowest BCUT2D eigenvalue weighted by atomic mass is 9.88. The first-order valence-electron chi connectivity index (χ1n) is 15.7. The first-order valence-corrected chi connectivity index (χ1v) is 15.7. The largest absolute Gasteiger partial charge is 0.399 e. The number of urea groups is 1. The molecule has 2 radical (unpaired) electrons. The molecule has 9 nitrogen and oxygen atoms in total. The Bertz CT molecular complexity index is 1200.